The number of nitrogens with zero attached hydrogens (tertiary/aromatic N) is 1. The van der Waals surface area contributed by atoms with Crippen LogP contribution in [0.3, 0.4) is 0 Å². The van der Waals surface area contributed by atoms with Crippen LogP contribution >= 0.6 is 0 Å². The monoisotopic (exact) mass is 434 g/mol. The molecular weight excluding hydrogens is 400 g/mol. The first kappa shape index (κ1) is 22.4. The molecule has 1 aliphatic carbocycles. The summed E-state index contributed by atoms with van der Waals surface area (Å²) < 4.78 is 5.49. The number of nitrogens with one attached hydrogen (secondary N) is 1. The van der Waals surface area contributed by atoms with Gasteiger partial charge in [-0.2, -0.15) is 0 Å². The van der Waals surface area contributed by atoms with Crippen LogP contribution in [0.4, 0.5) is 0 Å². The molecule has 0 aromatic heterocycles. The smallest absolute Gasteiger partial charge is 0.228 e. The molecule has 1 heterocycles. The molecule has 2 amide bonds. The van der Waals surface area contributed by atoms with Crippen LogP contribution in [0.25, 0.3) is 11.1 Å². The fraction of sp³-hybridized carbons (Fsp3) is 0.481. The van der Waals surface area contributed by atoms with E-state index in [1.54, 1.807) is 14.2 Å². The van der Waals surface area contributed by atoms with Crippen LogP contribution in [0.5, 0.6) is 5.75 Å². The van der Waals surface area contributed by atoms with Crippen molar-refractivity contribution in [3.63, 3.8) is 0 Å². The topological polar surface area (TPSA) is 58.6 Å². The van der Waals surface area contributed by atoms with Gasteiger partial charge in [0.1, 0.15) is 5.75 Å². The van der Waals surface area contributed by atoms with E-state index in [0.29, 0.717) is 38.3 Å². The van der Waals surface area contributed by atoms with Crippen LogP contribution in [0.1, 0.15) is 44.1 Å². The Kier molecular flexibility index (Phi) is 6.83. The minimum atomic E-state index is -0.563. The molecule has 5 nitrogen and oxygen atoms in total. The molecule has 4 rings (SSSR count). The van der Waals surface area contributed by atoms with Crippen LogP contribution < -0.4 is 10.1 Å². The Morgan fingerprint density at radius 1 is 1.09 bits per heavy atom. The zero-order valence-electron chi connectivity index (χ0n) is 19.2. The van der Waals surface area contributed by atoms with Crippen LogP contribution in [-0.4, -0.2) is 44.0 Å². The van der Waals surface area contributed by atoms with E-state index in [2.05, 4.69) is 29.6 Å². The molecular formula is C27H34N2O3. The maximum atomic E-state index is 13.0. The summed E-state index contributed by atoms with van der Waals surface area (Å²) in [6.07, 6.45) is 6.79. The van der Waals surface area contributed by atoms with E-state index in [1.807, 2.05) is 29.2 Å². The van der Waals surface area contributed by atoms with Gasteiger partial charge in [0.05, 0.1) is 12.5 Å². The second-order valence-corrected chi connectivity index (χ2v) is 9.35. The lowest BCUT2D eigenvalue weighted by molar-refractivity contribution is -0.133. The average Bonchev–Trinajstić information content (AvgIpc) is 3.50. The molecule has 1 N–H and O–H groups in total. The van der Waals surface area contributed by atoms with Crippen LogP contribution in [0.15, 0.2) is 48.5 Å². The Morgan fingerprint density at radius 3 is 2.50 bits per heavy atom. The number of carbonyl (C=O) groups excluding carboxylic acids is 2. The Labute approximate surface area is 191 Å². The van der Waals surface area contributed by atoms with E-state index < -0.39 is 5.41 Å². The van der Waals surface area contributed by atoms with E-state index in [4.69, 9.17) is 4.74 Å². The number of methoxy groups -OCH3 is 1. The van der Waals surface area contributed by atoms with Gasteiger partial charge in [-0.1, -0.05) is 55.3 Å². The second kappa shape index (κ2) is 9.76. The number of likely N-dealkylation sites (tertiary alicyclic amines) is 1. The minimum absolute atomic E-state index is 0.0301. The first-order valence-corrected chi connectivity index (χ1v) is 11.8. The molecule has 0 bridgehead atoms. The standard InChI is InChI=1S/C27H34N2O3/c1-28-26(31)27(15-16-29(19-27)25(30)17-20-7-3-4-8-20)18-21-11-13-22(14-12-21)23-9-5-6-10-24(23)32-2/h5-6,9-14,20H,3-4,7-8,15-19H2,1-2H3,(H,28,31)/t27-/m1/s1. The molecule has 1 saturated heterocycles. The van der Waals surface area contributed by atoms with Gasteiger partial charge in [-0.25, -0.2) is 0 Å². The number of rotatable bonds is 7. The molecule has 0 spiro atoms. The van der Waals surface area contributed by atoms with Crippen molar-refractivity contribution in [1.29, 1.82) is 0 Å². The predicted octanol–water partition coefficient (Wildman–Crippen LogP) is 4.45. The molecule has 1 aliphatic heterocycles. The number of carbonyl (C=O) groups is 2. The van der Waals surface area contributed by atoms with E-state index in [0.717, 1.165) is 22.4 Å². The number of hydrogen-bond acceptors (Lipinski definition) is 3. The van der Waals surface area contributed by atoms with E-state index in [-0.39, 0.29) is 11.8 Å². The van der Waals surface area contributed by atoms with Crippen LogP contribution in [-0.2, 0) is 16.0 Å². The van der Waals surface area contributed by atoms with E-state index in [1.165, 1.54) is 25.7 Å². The first-order chi connectivity index (χ1) is 15.5. The number of ether oxygens (including phenoxy) is 1. The lowest BCUT2D eigenvalue weighted by Gasteiger charge is -2.28. The van der Waals surface area contributed by atoms with Gasteiger partial charge < -0.3 is 15.0 Å². The zero-order chi connectivity index (χ0) is 22.6. The normalized spacial score (nSPS) is 21.0. The van der Waals surface area contributed by atoms with Crippen molar-refractivity contribution in [2.24, 2.45) is 11.3 Å². The molecule has 2 aromatic rings. The molecule has 2 aliphatic rings. The lowest BCUT2D eigenvalue weighted by Crippen LogP contribution is -2.44. The molecule has 1 saturated carbocycles. The molecule has 170 valence electrons. The second-order valence-electron chi connectivity index (χ2n) is 9.35. The fourth-order valence-electron chi connectivity index (χ4n) is 5.43. The van der Waals surface area contributed by atoms with Crippen LogP contribution in [0.2, 0.25) is 0 Å². The van der Waals surface area contributed by atoms with Gasteiger partial charge in [0, 0.05) is 32.1 Å². The van der Waals surface area contributed by atoms with Crippen molar-refractivity contribution < 1.29 is 14.3 Å². The maximum absolute atomic E-state index is 13.0. The largest absolute Gasteiger partial charge is 0.496 e. The molecule has 5 heteroatoms. The van der Waals surface area contributed by atoms with Gasteiger partial charge in [0.2, 0.25) is 11.8 Å². The molecule has 0 unspecified atom stereocenters. The SMILES string of the molecule is CNC(=O)[C@@]1(Cc2ccc(-c3ccccc3OC)cc2)CCN(C(=O)CC2CCCC2)C1. The summed E-state index contributed by atoms with van der Waals surface area (Å²) in [7, 11) is 3.37. The quantitative estimate of drug-likeness (QED) is 0.700. The average molecular weight is 435 g/mol. The highest BCUT2D eigenvalue weighted by molar-refractivity contribution is 5.85. The molecule has 32 heavy (non-hydrogen) atoms. The first-order valence-electron chi connectivity index (χ1n) is 11.8. The lowest BCUT2D eigenvalue weighted by atomic mass is 9.79. The van der Waals surface area contributed by atoms with Gasteiger partial charge in [0.25, 0.3) is 0 Å². The predicted molar refractivity (Wildman–Crippen MR) is 126 cm³/mol. The highest BCUT2D eigenvalue weighted by atomic mass is 16.5. The zero-order valence-corrected chi connectivity index (χ0v) is 19.2. The van der Waals surface area contributed by atoms with Crippen molar-refractivity contribution in [2.45, 2.75) is 44.9 Å². The molecule has 2 fully saturated rings. The van der Waals surface area contributed by atoms with Crippen molar-refractivity contribution in [2.75, 3.05) is 27.2 Å². The third kappa shape index (κ3) is 4.67. The summed E-state index contributed by atoms with van der Waals surface area (Å²) in [5.41, 5.74) is 2.68. The minimum Gasteiger partial charge on any atom is -0.496 e. The number of hydrogen-bond donors (Lipinski definition) is 1. The van der Waals surface area contributed by atoms with Gasteiger partial charge in [-0.3, -0.25) is 9.59 Å². The Balaban J connectivity index is 1.48. The Morgan fingerprint density at radius 2 is 1.81 bits per heavy atom. The van der Waals surface area contributed by atoms with E-state index in [9.17, 15) is 9.59 Å². The van der Waals surface area contributed by atoms with Gasteiger partial charge in [-0.05, 0) is 48.8 Å². The van der Waals surface area contributed by atoms with Crippen molar-refractivity contribution in [3.05, 3.63) is 54.1 Å². The van der Waals surface area contributed by atoms with E-state index >= 15 is 0 Å². The van der Waals surface area contributed by atoms with Crippen molar-refractivity contribution in [1.82, 2.24) is 10.2 Å². The Hall–Kier alpha value is -2.82. The van der Waals surface area contributed by atoms with Gasteiger partial charge >= 0.3 is 0 Å². The molecule has 0 radical (unpaired) electrons. The summed E-state index contributed by atoms with van der Waals surface area (Å²) in [4.78, 5) is 27.8. The van der Waals surface area contributed by atoms with Crippen LogP contribution in [0, 0.1) is 11.3 Å². The third-order valence-corrected chi connectivity index (χ3v) is 7.27. The highest BCUT2D eigenvalue weighted by Gasteiger charge is 2.45. The van der Waals surface area contributed by atoms with Crippen molar-refractivity contribution in [3.8, 4) is 16.9 Å². The summed E-state index contributed by atoms with van der Waals surface area (Å²) >= 11 is 0. The fourth-order valence-corrected chi connectivity index (χ4v) is 5.43. The summed E-state index contributed by atoms with van der Waals surface area (Å²) in [5.74, 6) is 1.62. The number of para-hydroxylation sites is 1. The van der Waals surface area contributed by atoms with Gasteiger partial charge in [-0.15, -0.1) is 0 Å². The molecule has 1 atom stereocenters. The third-order valence-electron chi connectivity index (χ3n) is 7.27. The Bertz CT molecular complexity index is 950. The highest BCUT2D eigenvalue weighted by Crippen LogP contribution is 2.37. The molecule has 2 aromatic carbocycles. The van der Waals surface area contributed by atoms with Crippen molar-refractivity contribution >= 4 is 11.8 Å². The number of benzene rings is 2. The number of amides is 2. The maximum Gasteiger partial charge on any atom is 0.228 e. The van der Waals surface area contributed by atoms with Gasteiger partial charge in [0.15, 0.2) is 0 Å². The summed E-state index contributed by atoms with van der Waals surface area (Å²) in [6.45, 7) is 1.17. The summed E-state index contributed by atoms with van der Waals surface area (Å²) in [5, 5.41) is 2.86. The summed E-state index contributed by atoms with van der Waals surface area (Å²) in [6, 6.07) is 16.3.